The molecule has 4 nitrogen and oxygen atoms in total. The Bertz CT molecular complexity index is 485. The van der Waals surface area contributed by atoms with E-state index in [1.807, 2.05) is 19.2 Å². The molecule has 0 spiro atoms. The van der Waals surface area contributed by atoms with Gasteiger partial charge in [0.1, 0.15) is 6.10 Å². The average Bonchev–Trinajstić information content (AvgIpc) is 2.74. The van der Waals surface area contributed by atoms with Gasteiger partial charge in [-0.3, -0.25) is 0 Å². The number of aromatic nitrogens is 2. The van der Waals surface area contributed by atoms with Crippen LogP contribution in [0, 0.1) is 16.7 Å². The normalized spacial score (nSPS) is 34.4. The minimum Gasteiger partial charge on any atom is -0.473 e. The van der Waals surface area contributed by atoms with Crippen molar-refractivity contribution in [3.8, 4) is 5.88 Å². The van der Waals surface area contributed by atoms with Crippen molar-refractivity contribution in [1.29, 1.82) is 0 Å². The third-order valence-electron chi connectivity index (χ3n) is 6.03. The highest BCUT2D eigenvalue weighted by Gasteiger charge is 2.62. The van der Waals surface area contributed by atoms with Crippen LogP contribution in [-0.4, -0.2) is 23.3 Å². The standard InChI is InChI=1S/C16H25N3O/c1-15(2)11-7-8-16(15,3)13(9-11)20-14-6-5-12(10-17-4)18-19-14/h5-6,11,13,17H,7-10H2,1-4H3. The van der Waals surface area contributed by atoms with E-state index in [9.17, 15) is 0 Å². The first-order valence-electron chi connectivity index (χ1n) is 7.61. The molecule has 0 amide bonds. The molecule has 2 bridgehead atoms. The fourth-order valence-corrected chi connectivity index (χ4v) is 4.14. The minimum absolute atomic E-state index is 0.267. The molecule has 1 aromatic heterocycles. The molecule has 4 heteroatoms. The van der Waals surface area contributed by atoms with Crippen molar-refractivity contribution < 1.29 is 4.74 Å². The van der Waals surface area contributed by atoms with Gasteiger partial charge in [0.05, 0.1) is 5.69 Å². The van der Waals surface area contributed by atoms with Crippen molar-refractivity contribution in [2.24, 2.45) is 16.7 Å². The number of nitrogens with zero attached hydrogens (tertiary/aromatic N) is 2. The van der Waals surface area contributed by atoms with Gasteiger partial charge in [0.15, 0.2) is 0 Å². The van der Waals surface area contributed by atoms with E-state index >= 15 is 0 Å². The highest BCUT2D eigenvalue weighted by atomic mass is 16.5. The molecule has 3 atom stereocenters. The quantitative estimate of drug-likeness (QED) is 0.918. The van der Waals surface area contributed by atoms with E-state index < -0.39 is 0 Å². The lowest BCUT2D eigenvalue weighted by molar-refractivity contribution is 0.0266. The van der Waals surface area contributed by atoms with E-state index in [0.717, 1.165) is 24.6 Å². The highest BCUT2D eigenvalue weighted by Crippen LogP contribution is 2.66. The maximum Gasteiger partial charge on any atom is 0.233 e. The molecule has 0 aliphatic heterocycles. The van der Waals surface area contributed by atoms with Crippen LogP contribution in [0.1, 0.15) is 45.7 Å². The number of rotatable bonds is 4. The van der Waals surface area contributed by atoms with Crippen LogP contribution >= 0.6 is 0 Å². The van der Waals surface area contributed by atoms with Gasteiger partial charge in [-0.05, 0) is 43.7 Å². The smallest absolute Gasteiger partial charge is 0.233 e. The van der Waals surface area contributed by atoms with Crippen LogP contribution in [0.2, 0.25) is 0 Å². The van der Waals surface area contributed by atoms with Gasteiger partial charge in [-0.2, -0.15) is 5.10 Å². The second-order valence-corrected chi connectivity index (χ2v) is 7.11. The van der Waals surface area contributed by atoms with Crippen molar-refractivity contribution in [3.05, 3.63) is 17.8 Å². The molecule has 0 radical (unpaired) electrons. The predicted molar refractivity (Wildman–Crippen MR) is 78.4 cm³/mol. The second kappa shape index (κ2) is 4.69. The monoisotopic (exact) mass is 275 g/mol. The molecule has 2 saturated carbocycles. The molecule has 2 fully saturated rings. The van der Waals surface area contributed by atoms with Gasteiger partial charge in [0, 0.05) is 18.0 Å². The molecule has 1 N–H and O–H groups in total. The van der Waals surface area contributed by atoms with Gasteiger partial charge >= 0.3 is 0 Å². The summed E-state index contributed by atoms with van der Waals surface area (Å²) in [4.78, 5) is 0. The first-order chi connectivity index (χ1) is 9.47. The fourth-order valence-electron chi connectivity index (χ4n) is 4.14. The molecule has 110 valence electrons. The van der Waals surface area contributed by atoms with Gasteiger partial charge in [-0.25, -0.2) is 0 Å². The molecule has 3 unspecified atom stereocenters. The molecule has 2 aliphatic carbocycles. The molecule has 0 aromatic carbocycles. The summed E-state index contributed by atoms with van der Waals surface area (Å²) < 4.78 is 6.19. The molecule has 2 aliphatic rings. The first kappa shape index (κ1) is 13.8. The van der Waals surface area contributed by atoms with E-state index in [1.165, 1.54) is 12.8 Å². The van der Waals surface area contributed by atoms with Gasteiger partial charge in [0.2, 0.25) is 5.88 Å². The molecule has 1 heterocycles. The van der Waals surface area contributed by atoms with Gasteiger partial charge in [-0.15, -0.1) is 5.10 Å². The van der Waals surface area contributed by atoms with Gasteiger partial charge < -0.3 is 10.1 Å². The van der Waals surface area contributed by atoms with E-state index in [-0.39, 0.29) is 11.5 Å². The van der Waals surface area contributed by atoms with Crippen LogP contribution in [0.5, 0.6) is 5.88 Å². The van der Waals surface area contributed by atoms with E-state index in [0.29, 0.717) is 11.3 Å². The van der Waals surface area contributed by atoms with Gasteiger partial charge in [-0.1, -0.05) is 20.8 Å². The largest absolute Gasteiger partial charge is 0.473 e. The van der Waals surface area contributed by atoms with Crippen molar-refractivity contribution in [2.75, 3.05) is 7.05 Å². The second-order valence-electron chi connectivity index (χ2n) is 7.11. The summed E-state index contributed by atoms with van der Waals surface area (Å²) >= 11 is 0. The lowest BCUT2D eigenvalue weighted by Crippen LogP contribution is -2.39. The molecular weight excluding hydrogens is 250 g/mol. The number of fused-ring (bicyclic) bond motifs is 2. The Morgan fingerprint density at radius 2 is 2.10 bits per heavy atom. The molecule has 0 saturated heterocycles. The summed E-state index contributed by atoms with van der Waals surface area (Å²) in [7, 11) is 1.91. The van der Waals surface area contributed by atoms with Crippen LogP contribution in [-0.2, 0) is 6.54 Å². The Kier molecular flexibility index (Phi) is 3.24. The topological polar surface area (TPSA) is 47.0 Å². The van der Waals surface area contributed by atoms with Crippen molar-refractivity contribution >= 4 is 0 Å². The predicted octanol–water partition coefficient (Wildman–Crippen LogP) is 2.79. The van der Waals surface area contributed by atoms with Crippen LogP contribution in [0.25, 0.3) is 0 Å². The summed E-state index contributed by atoms with van der Waals surface area (Å²) in [6.45, 7) is 7.92. The average molecular weight is 275 g/mol. The Morgan fingerprint density at radius 3 is 2.60 bits per heavy atom. The zero-order valence-corrected chi connectivity index (χ0v) is 12.9. The van der Waals surface area contributed by atoms with Crippen molar-refractivity contribution in [3.63, 3.8) is 0 Å². The lowest BCUT2D eigenvalue weighted by atomic mass is 9.70. The number of hydrogen-bond donors (Lipinski definition) is 1. The number of ether oxygens (including phenoxy) is 1. The zero-order chi connectivity index (χ0) is 14.4. The Balaban J connectivity index is 1.73. The van der Waals surface area contributed by atoms with Crippen LogP contribution in [0.3, 0.4) is 0 Å². The summed E-state index contributed by atoms with van der Waals surface area (Å²) in [5.41, 5.74) is 1.58. The Hall–Kier alpha value is -1.16. The molecular formula is C16H25N3O. The van der Waals surface area contributed by atoms with Crippen molar-refractivity contribution in [1.82, 2.24) is 15.5 Å². The third kappa shape index (κ3) is 1.93. The Morgan fingerprint density at radius 1 is 1.30 bits per heavy atom. The van der Waals surface area contributed by atoms with Crippen LogP contribution < -0.4 is 10.1 Å². The molecule has 1 aromatic rings. The zero-order valence-electron chi connectivity index (χ0n) is 12.9. The molecule has 3 rings (SSSR count). The van der Waals surface area contributed by atoms with E-state index in [1.54, 1.807) is 0 Å². The summed E-state index contributed by atoms with van der Waals surface area (Å²) in [6, 6.07) is 3.93. The summed E-state index contributed by atoms with van der Waals surface area (Å²) in [6.07, 6.45) is 4.04. The molecule has 20 heavy (non-hydrogen) atoms. The lowest BCUT2D eigenvalue weighted by Gasteiger charge is -2.38. The SMILES string of the molecule is CNCc1ccc(OC2CC3CCC2(C)C3(C)C)nn1. The summed E-state index contributed by atoms with van der Waals surface area (Å²) in [5.74, 6) is 1.45. The van der Waals surface area contributed by atoms with Crippen LogP contribution in [0.15, 0.2) is 12.1 Å². The minimum atomic E-state index is 0.267. The van der Waals surface area contributed by atoms with E-state index in [4.69, 9.17) is 4.74 Å². The number of nitrogens with one attached hydrogen (secondary N) is 1. The maximum atomic E-state index is 6.19. The summed E-state index contributed by atoms with van der Waals surface area (Å²) in [5, 5.41) is 11.5. The van der Waals surface area contributed by atoms with E-state index in [2.05, 4.69) is 36.3 Å². The van der Waals surface area contributed by atoms with Crippen LogP contribution in [0.4, 0.5) is 0 Å². The highest BCUT2D eigenvalue weighted by molar-refractivity contribution is 5.16. The van der Waals surface area contributed by atoms with Gasteiger partial charge in [0.25, 0.3) is 0 Å². The maximum absolute atomic E-state index is 6.19. The first-order valence-corrected chi connectivity index (χ1v) is 7.61. The Labute approximate surface area is 121 Å². The fraction of sp³-hybridized carbons (Fsp3) is 0.750. The number of hydrogen-bond acceptors (Lipinski definition) is 4. The third-order valence-corrected chi connectivity index (χ3v) is 6.03. The van der Waals surface area contributed by atoms with Crippen molar-refractivity contribution in [2.45, 2.75) is 52.7 Å².